The van der Waals surface area contributed by atoms with Gasteiger partial charge in [0.05, 0.1) is 0 Å². The molecule has 0 saturated heterocycles. The van der Waals surface area contributed by atoms with Crippen molar-refractivity contribution < 1.29 is 4.39 Å². The van der Waals surface area contributed by atoms with Gasteiger partial charge in [0, 0.05) is 16.9 Å². The number of halogens is 3. The van der Waals surface area contributed by atoms with E-state index in [-0.39, 0.29) is 5.82 Å². The fraction of sp³-hybridized carbons (Fsp3) is 0.500. The highest BCUT2D eigenvalue weighted by atomic mass is 79.9. The maximum absolute atomic E-state index is 12.9. The van der Waals surface area contributed by atoms with E-state index in [4.69, 9.17) is 11.6 Å². The van der Waals surface area contributed by atoms with Crippen LogP contribution >= 0.6 is 27.5 Å². The Morgan fingerprint density at radius 1 is 1.25 bits per heavy atom. The van der Waals surface area contributed by atoms with Crippen molar-refractivity contribution in [2.75, 3.05) is 11.9 Å². The molecule has 1 aromatic carbocycles. The Balaban J connectivity index is 2.23. The second-order valence-corrected chi connectivity index (χ2v) is 4.86. The molecule has 0 aliphatic rings. The molecule has 0 aliphatic carbocycles. The Kier molecular flexibility index (Phi) is 7.01. The molecule has 0 bridgehead atoms. The van der Waals surface area contributed by atoms with E-state index in [2.05, 4.69) is 21.2 Å². The molecule has 0 atom stereocenters. The van der Waals surface area contributed by atoms with Gasteiger partial charge in [0.25, 0.3) is 0 Å². The lowest BCUT2D eigenvalue weighted by molar-refractivity contribution is 0.606. The molecule has 4 heteroatoms. The largest absolute Gasteiger partial charge is 0.313 e. The zero-order chi connectivity index (χ0) is 11.8. The molecule has 0 amide bonds. The number of benzene rings is 1. The molecule has 0 fully saturated rings. The summed E-state index contributed by atoms with van der Waals surface area (Å²) < 4.78 is 12.9. The van der Waals surface area contributed by atoms with Crippen LogP contribution in [0.5, 0.6) is 0 Å². The van der Waals surface area contributed by atoms with Crippen molar-refractivity contribution in [1.82, 2.24) is 5.32 Å². The zero-order valence-corrected chi connectivity index (χ0v) is 11.5. The summed E-state index contributed by atoms with van der Waals surface area (Å²) in [5, 5.41) is 4.94. The van der Waals surface area contributed by atoms with E-state index in [9.17, 15) is 4.39 Å². The van der Waals surface area contributed by atoms with Crippen LogP contribution in [0.3, 0.4) is 0 Å². The lowest BCUT2D eigenvalue weighted by Gasteiger charge is -2.06. The molecule has 0 saturated carbocycles. The summed E-state index contributed by atoms with van der Waals surface area (Å²) in [6, 6.07) is 4.45. The highest BCUT2D eigenvalue weighted by molar-refractivity contribution is 9.09. The van der Waals surface area contributed by atoms with Crippen molar-refractivity contribution in [2.24, 2.45) is 0 Å². The van der Waals surface area contributed by atoms with Crippen LogP contribution in [0.2, 0.25) is 5.02 Å². The SMILES string of the molecule is Fc1ccc(Cl)c(CNCCCCCBr)c1. The van der Waals surface area contributed by atoms with Gasteiger partial charge in [-0.15, -0.1) is 0 Å². The van der Waals surface area contributed by atoms with Gasteiger partial charge >= 0.3 is 0 Å². The molecule has 1 aromatic rings. The monoisotopic (exact) mass is 307 g/mol. The van der Waals surface area contributed by atoms with Crippen LogP contribution in [0, 0.1) is 5.82 Å². The molecule has 0 unspecified atom stereocenters. The molecule has 1 nitrogen and oxygen atoms in total. The molecule has 1 rings (SSSR count). The van der Waals surface area contributed by atoms with E-state index < -0.39 is 0 Å². The summed E-state index contributed by atoms with van der Waals surface area (Å²) in [6.45, 7) is 1.57. The Bertz CT molecular complexity index is 320. The average molecular weight is 309 g/mol. The summed E-state index contributed by atoms with van der Waals surface area (Å²) in [5.41, 5.74) is 0.821. The second kappa shape index (κ2) is 8.04. The standard InChI is InChI=1S/C12H16BrClFN/c13-6-2-1-3-7-16-9-10-8-11(15)4-5-12(10)14/h4-5,8,16H,1-3,6-7,9H2. The first-order valence-corrected chi connectivity index (χ1v) is 6.94. The number of hydrogen-bond donors (Lipinski definition) is 1. The molecule has 90 valence electrons. The van der Waals surface area contributed by atoms with Gasteiger partial charge in [-0.1, -0.05) is 34.0 Å². The molecule has 0 aromatic heterocycles. The van der Waals surface area contributed by atoms with E-state index in [0.29, 0.717) is 11.6 Å². The summed E-state index contributed by atoms with van der Waals surface area (Å²) in [7, 11) is 0. The van der Waals surface area contributed by atoms with Gasteiger partial charge in [-0.3, -0.25) is 0 Å². The number of rotatable bonds is 7. The Labute approximate surface area is 110 Å². The second-order valence-electron chi connectivity index (χ2n) is 3.66. The van der Waals surface area contributed by atoms with Gasteiger partial charge in [0.2, 0.25) is 0 Å². The predicted octanol–water partition coefficient (Wildman–Crippen LogP) is 4.13. The fourth-order valence-corrected chi connectivity index (χ4v) is 2.00. The summed E-state index contributed by atoms with van der Waals surface area (Å²) >= 11 is 9.34. The lowest BCUT2D eigenvalue weighted by Crippen LogP contribution is -2.15. The third-order valence-corrected chi connectivity index (χ3v) is 3.24. The van der Waals surface area contributed by atoms with Crippen LogP contribution in [-0.2, 0) is 6.54 Å². The highest BCUT2D eigenvalue weighted by Crippen LogP contribution is 2.16. The van der Waals surface area contributed by atoms with Crippen LogP contribution in [0.4, 0.5) is 4.39 Å². The van der Waals surface area contributed by atoms with Gasteiger partial charge in [0.15, 0.2) is 0 Å². The van der Waals surface area contributed by atoms with Crippen molar-refractivity contribution in [3.8, 4) is 0 Å². The molecular formula is C12H16BrClFN. The first kappa shape index (κ1) is 13.9. The highest BCUT2D eigenvalue weighted by Gasteiger charge is 2.01. The van der Waals surface area contributed by atoms with Gasteiger partial charge in [-0.05, 0) is 43.1 Å². The Morgan fingerprint density at radius 2 is 2.06 bits per heavy atom. The van der Waals surface area contributed by atoms with E-state index >= 15 is 0 Å². The van der Waals surface area contributed by atoms with Crippen molar-refractivity contribution in [1.29, 1.82) is 0 Å². The minimum atomic E-state index is -0.236. The minimum Gasteiger partial charge on any atom is -0.313 e. The maximum atomic E-state index is 12.9. The predicted molar refractivity (Wildman–Crippen MR) is 70.8 cm³/mol. The summed E-state index contributed by atoms with van der Waals surface area (Å²) in [4.78, 5) is 0. The normalized spacial score (nSPS) is 10.7. The van der Waals surface area contributed by atoms with Crippen molar-refractivity contribution in [3.63, 3.8) is 0 Å². The van der Waals surface area contributed by atoms with Crippen molar-refractivity contribution in [2.45, 2.75) is 25.8 Å². The van der Waals surface area contributed by atoms with Gasteiger partial charge < -0.3 is 5.32 Å². The van der Waals surface area contributed by atoms with E-state index in [1.807, 2.05) is 0 Å². The first-order chi connectivity index (χ1) is 7.74. The third-order valence-electron chi connectivity index (χ3n) is 2.31. The van der Waals surface area contributed by atoms with E-state index in [0.717, 1.165) is 23.9 Å². The number of hydrogen-bond acceptors (Lipinski definition) is 1. The topological polar surface area (TPSA) is 12.0 Å². The van der Waals surface area contributed by atoms with E-state index in [1.54, 1.807) is 6.07 Å². The maximum Gasteiger partial charge on any atom is 0.123 e. The van der Waals surface area contributed by atoms with Gasteiger partial charge in [-0.2, -0.15) is 0 Å². The summed E-state index contributed by atoms with van der Waals surface area (Å²) in [5.74, 6) is -0.236. The third kappa shape index (κ3) is 5.28. The molecule has 0 heterocycles. The zero-order valence-electron chi connectivity index (χ0n) is 9.11. The van der Waals surface area contributed by atoms with Crippen LogP contribution in [0.1, 0.15) is 24.8 Å². The lowest BCUT2D eigenvalue weighted by atomic mass is 10.2. The van der Waals surface area contributed by atoms with Gasteiger partial charge in [0.1, 0.15) is 5.82 Å². The number of nitrogens with one attached hydrogen (secondary N) is 1. The molecule has 0 aliphatic heterocycles. The van der Waals surface area contributed by atoms with E-state index in [1.165, 1.54) is 25.0 Å². The molecule has 0 spiro atoms. The molecule has 1 N–H and O–H groups in total. The number of unbranched alkanes of at least 4 members (excludes halogenated alkanes) is 2. The van der Waals surface area contributed by atoms with Crippen molar-refractivity contribution in [3.05, 3.63) is 34.6 Å². The molecule has 16 heavy (non-hydrogen) atoms. The Morgan fingerprint density at radius 3 is 2.81 bits per heavy atom. The fourth-order valence-electron chi connectivity index (χ4n) is 1.42. The number of alkyl halides is 1. The molecular weight excluding hydrogens is 292 g/mol. The van der Waals surface area contributed by atoms with Crippen LogP contribution in [-0.4, -0.2) is 11.9 Å². The minimum absolute atomic E-state index is 0.236. The van der Waals surface area contributed by atoms with Crippen molar-refractivity contribution >= 4 is 27.5 Å². The van der Waals surface area contributed by atoms with Gasteiger partial charge in [-0.25, -0.2) is 4.39 Å². The first-order valence-electron chi connectivity index (χ1n) is 5.44. The van der Waals surface area contributed by atoms with Crippen LogP contribution < -0.4 is 5.32 Å². The summed E-state index contributed by atoms with van der Waals surface area (Å²) in [6.07, 6.45) is 3.54. The average Bonchev–Trinajstić information content (AvgIpc) is 2.28. The Hall–Kier alpha value is -0.120. The van der Waals surface area contributed by atoms with Crippen LogP contribution in [0.15, 0.2) is 18.2 Å². The smallest absolute Gasteiger partial charge is 0.123 e. The molecule has 0 radical (unpaired) electrons. The quantitative estimate of drug-likeness (QED) is 0.590. The van der Waals surface area contributed by atoms with Crippen LogP contribution in [0.25, 0.3) is 0 Å².